The number of hydrogen-bond donors (Lipinski definition) is 1. The van der Waals surface area contributed by atoms with Gasteiger partial charge in [-0.25, -0.2) is 15.0 Å². The topological polar surface area (TPSA) is 67.9 Å². The fraction of sp³-hybridized carbons (Fsp3) is 0.500. The van der Waals surface area contributed by atoms with Crippen molar-refractivity contribution in [3.05, 3.63) is 12.3 Å². The van der Waals surface area contributed by atoms with Crippen molar-refractivity contribution in [3.63, 3.8) is 0 Å². The molecule has 0 heterocycles. The highest BCUT2D eigenvalue weighted by Crippen LogP contribution is 2.04. The molecule has 0 radical (unpaired) electrons. The third-order valence-corrected chi connectivity index (χ3v) is 1.47. The number of rotatable bonds is 2. The second kappa shape index (κ2) is 5.85. The molecule has 0 aliphatic heterocycles. The molecule has 14 heavy (non-hydrogen) atoms. The maximum Gasteiger partial charge on any atom is 0.432 e. The van der Waals surface area contributed by atoms with Crippen LogP contribution >= 0.6 is 0 Å². The normalized spacial score (nSPS) is 8.79. The number of hydrogen-bond acceptors (Lipinski definition) is 4. The summed E-state index contributed by atoms with van der Waals surface area (Å²) in [6, 6.07) is 0. The van der Waals surface area contributed by atoms with Crippen LogP contribution in [0.25, 0.3) is 0 Å². The third-order valence-electron chi connectivity index (χ3n) is 1.47. The average Bonchev–Trinajstić information content (AvgIpc) is 2.23. The molecule has 0 aromatic heterocycles. The highest BCUT2D eigenvalue weighted by Gasteiger charge is 2.18. The molecule has 0 rings (SSSR count). The fourth-order valence-corrected chi connectivity index (χ4v) is 0.640. The van der Waals surface area contributed by atoms with Gasteiger partial charge in [-0.3, -0.25) is 0 Å². The first kappa shape index (κ1) is 12.3. The monoisotopic (exact) mass is 202 g/mol. The summed E-state index contributed by atoms with van der Waals surface area (Å²) in [5, 5.41) is 0.895. The zero-order chi connectivity index (χ0) is 11.1. The highest BCUT2D eigenvalue weighted by atomic mass is 16.6. The molecule has 80 valence electrons. The lowest BCUT2D eigenvalue weighted by Crippen LogP contribution is -2.45. The minimum atomic E-state index is -0.759. The molecule has 0 spiro atoms. The Kier molecular flexibility index (Phi) is 5.13. The van der Waals surface area contributed by atoms with Crippen LogP contribution in [0.15, 0.2) is 12.3 Å². The van der Waals surface area contributed by atoms with E-state index in [-0.39, 0.29) is 0 Å². The molecule has 0 aromatic carbocycles. The molecule has 0 fully saturated rings. The van der Waals surface area contributed by atoms with Gasteiger partial charge in [-0.15, -0.1) is 0 Å². The molecule has 0 aliphatic carbocycles. The van der Waals surface area contributed by atoms with Gasteiger partial charge in [-0.1, -0.05) is 13.5 Å². The van der Waals surface area contributed by atoms with E-state index in [2.05, 4.69) is 21.5 Å². The maximum absolute atomic E-state index is 11.1. The summed E-state index contributed by atoms with van der Waals surface area (Å²) in [6.07, 6.45) is -0.980. The molecule has 2 amide bonds. The molecule has 0 saturated heterocycles. The highest BCUT2D eigenvalue weighted by molar-refractivity contribution is 5.75. The maximum atomic E-state index is 11.1. The lowest BCUT2D eigenvalue weighted by molar-refractivity contribution is 0.103. The van der Waals surface area contributed by atoms with Crippen LogP contribution in [0.2, 0.25) is 0 Å². The number of methoxy groups -OCH3 is 2. The van der Waals surface area contributed by atoms with Crippen LogP contribution in [0.4, 0.5) is 9.59 Å². The summed E-state index contributed by atoms with van der Waals surface area (Å²) in [4.78, 5) is 22.0. The van der Waals surface area contributed by atoms with E-state index in [1.165, 1.54) is 14.2 Å². The second-order valence-corrected chi connectivity index (χ2v) is 2.33. The first-order valence-corrected chi connectivity index (χ1v) is 3.97. The Balaban J connectivity index is 4.48. The number of allylic oxidation sites excluding steroid dienone is 1. The van der Waals surface area contributed by atoms with Crippen LogP contribution < -0.4 is 5.43 Å². The van der Waals surface area contributed by atoms with Crippen LogP contribution in [-0.2, 0) is 9.47 Å². The number of amides is 2. The summed E-state index contributed by atoms with van der Waals surface area (Å²) < 4.78 is 8.77. The Hall–Kier alpha value is -1.72. The SMILES string of the molecule is C=C(CC)N(NC(=O)OC)C(=O)OC. The molecule has 0 atom stereocenters. The zero-order valence-electron chi connectivity index (χ0n) is 8.49. The van der Waals surface area contributed by atoms with E-state index in [9.17, 15) is 9.59 Å². The molecule has 0 bridgehead atoms. The van der Waals surface area contributed by atoms with E-state index in [4.69, 9.17) is 0 Å². The van der Waals surface area contributed by atoms with Gasteiger partial charge in [-0.2, -0.15) is 5.01 Å². The van der Waals surface area contributed by atoms with Crippen molar-refractivity contribution in [1.82, 2.24) is 10.4 Å². The van der Waals surface area contributed by atoms with Crippen molar-refractivity contribution in [3.8, 4) is 0 Å². The Labute approximate surface area is 82.4 Å². The van der Waals surface area contributed by atoms with E-state index < -0.39 is 12.2 Å². The van der Waals surface area contributed by atoms with Gasteiger partial charge in [-0.05, 0) is 6.42 Å². The van der Waals surface area contributed by atoms with Crippen molar-refractivity contribution in [2.24, 2.45) is 0 Å². The molecule has 0 aromatic rings. The molecular weight excluding hydrogens is 188 g/mol. The fourth-order valence-electron chi connectivity index (χ4n) is 0.640. The van der Waals surface area contributed by atoms with E-state index in [0.717, 1.165) is 5.01 Å². The number of carbonyl (C=O) groups excluding carboxylic acids is 2. The van der Waals surface area contributed by atoms with Crippen molar-refractivity contribution in [2.45, 2.75) is 13.3 Å². The predicted molar refractivity (Wildman–Crippen MR) is 49.2 cm³/mol. The molecule has 6 nitrogen and oxygen atoms in total. The molecule has 0 aliphatic rings. The number of hydrazine groups is 1. The van der Waals surface area contributed by atoms with Gasteiger partial charge in [0.1, 0.15) is 0 Å². The van der Waals surface area contributed by atoms with E-state index in [1.54, 1.807) is 6.92 Å². The van der Waals surface area contributed by atoms with Gasteiger partial charge in [0, 0.05) is 5.70 Å². The van der Waals surface area contributed by atoms with E-state index >= 15 is 0 Å². The molecule has 6 heteroatoms. The number of nitrogens with zero attached hydrogens (tertiary/aromatic N) is 1. The van der Waals surface area contributed by atoms with Crippen LogP contribution in [0.1, 0.15) is 13.3 Å². The van der Waals surface area contributed by atoms with Gasteiger partial charge in [0.2, 0.25) is 0 Å². The largest absolute Gasteiger partial charge is 0.452 e. The molecule has 1 N–H and O–H groups in total. The van der Waals surface area contributed by atoms with E-state index in [0.29, 0.717) is 12.1 Å². The lowest BCUT2D eigenvalue weighted by atomic mass is 10.4. The summed E-state index contributed by atoms with van der Waals surface area (Å²) >= 11 is 0. The van der Waals surface area contributed by atoms with Crippen molar-refractivity contribution < 1.29 is 19.1 Å². The smallest absolute Gasteiger partial charge is 0.432 e. The predicted octanol–water partition coefficient (Wildman–Crippen LogP) is 1.25. The van der Waals surface area contributed by atoms with Crippen LogP contribution in [0.3, 0.4) is 0 Å². The lowest BCUT2D eigenvalue weighted by Gasteiger charge is -2.21. The Morgan fingerprint density at radius 1 is 1.36 bits per heavy atom. The van der Waals surface area contributed by atoms with Gasteiger partial charge in [0.15, 0.2) is 0 Å². The van der Waals surface area contributed by atoms with Crippen molar-refractivity contribution in [2.75, 3.05) is 14.2 Å². The summed E-state index contributed by atoms with van der Waals surface area (Å²) in [6.45, 7) is 5.37. The first-order valence-electron chi connectivity index (χ1n) is 3.97. The Morgan fingerprint density at radius 2 is 1.93 bits per heavy atom. The molecule has 0 saturated carbocycles. The standard InChI is InChI=1S/C8H14N2O4/c1-5-6(2)10(8(12)14-4)9-7(11)13-3/h2,5H2,1,3-4H3,(H,9,11). The number of nitrogens with one attached hydrogen (secondary N) is 1. The minimum Gasteiger partial charge on any atom is -0.452 e. The quantitative estimate of drug-likeness (QED) is 0.684. The van der Waals surface area contributed by atoms with Crippen LogP contribution in [0, 0.1) is 0 Å². The third kappa shape index (κ3) is 3.34. The van der Waals surface area contributed by atoms with Gasteiger partial charge in [0.05, 0.1) is 14.2 Å². The second-order valence-electron chi connectivity index (χ2n) is 2.33. The molecular formula is C8H14N2O4. The summed E-state index contributed by atoms with van der Waals surface area (Å²) in [5.74, 6) is 0. The van der Waals surface area contributed by atoms with Crippen LogP contribution in [0.5, 0.6) is 0 Å². The Morgan fingerprint density at radius 3 is 2.29 bits per heavy atom. The summed E-state index contributed by atoms with van der Waals surface area (Å²) in [5.41, 5.74) is 2.57. The average molecular weight is 202 g/mol. The van der Waals surface area contributed by atoms with Gasteiger partial charge in [0.25, 0.3) is 0 Å². The van der Waals surface area contributed by atoms with Crippen molar-refractivity contribution >= 4 is 12.2 Å². The van der Waals surface area contributed by atoms with Gasteiger partial charge >= 0.3 is 12.2 Å². The number of ether oxygens (including phenoxy) is 2. The molecule has 0 unspecified atom stereocenters. The van der Waals surface area contributed by atoms with Crippen molar-refractivity contribution in [1.29, 1.82) is 0 Å². The summed E-state index contributed by atoms with van der Waals surface area (Å²) in [7, 11) is 2.40. The zero-order valence-corrected chi connectivity index (χ0v) is 8.49. The number of carbonyl (C=O) groups is 2. The Bertz CT molecular complexity index is 223. The van der Waals surface area contributed by atoms with Gasteiger partial charge < -0.3 is 9.47 Å². The van der Waals surface area contributed by atoms with Crippen LogP contribution in [-0.4, -0.2) is 31.4 Å². The first-order chi connectivity index (χ1) is 6.56. The minimum absolute atomic E-state index is 0.405. The van der Waals surface area contributed by atoms with E-state index in [1.807, 2.05) is 0 Å².